The van der Waals surface area contributed by atoms with Crippen LogP contribution >= 0.6 is 11.6 Å². The minimum absolute atomic E-state index is 0.233. The molecule has 0 N–H and O–H groups in total. The first-order chi connectivity index (χ1) is 23.4. The molecule has 4 aliphatic rings. The van der Waals surface area contributed by atoms with Gasteiger partial charge in [0.25, 0.3) is 0 Å². The summed E-state index contributed by atoms with van der Waals surface area (Å²) in [6.07, 6.45) is 4.35. The van der Waals surface area contributed by atoms with Gasteiger partial charge in [-0.05, 0) is 55.0 Å². The van der Waals surface area contributed by atoms with Gasteiger partial charge in [-0.25, -0.2) is 14.4 Å². The van der Waals surface area contributed by atoms with E-state index in [1.54, 1.807) is 40.6 Å². The van der Waals surface area contributed by atoms with Crippen LogP contribution < -0.4 is 9.47 Å². The van der Waals surface area contributed by atoms with Crippen LogP contribution in [0.2, 0.25) is 5.02 Å². The van der Waals surface area contributed by atoms with E-state index in [0.717, 1.165) is 74.1 Å². The minimum Gasteiger partial charge on any atom is -0.481 e. The van der Waals surface area contributed by atoms with Gasteiger partial charge in [0.15, 0.2) is 0 Å². The fourth-order valence-electron chi connectivity index (χ4n) is 8.10. The number of benzene rings is 2. The third-order valence-corrected chi connectivity index (χ3v) is 11.2. The number of aromatic nitrogens is 2. The average Bonchev–Trinajstić information content (AvgIpc) is 3.68. The Kier molecular flexibility index (Phi) is 8.37. The Hall–Kier alpha value is -3.60. The van der Waals surface area contributed by atoms with Crippen molar-refractivity contribution in [3.63, 3.8) is 0 Å². The normalized spacial score (nSPS) is 21.1. The lowest BCUT2D eigenvalue weighted by Crippen LogP contribution is -2.52. The predicted octanol–water partition coefficient (Wildman–Crippen LogP) is 6.92. The summed E-state index contributed by atoms with van der Waals surface area (Å²) in [5.41, 5.74) is 8.03. The van der Waals surface area contributed by atoms with Gasteiger partial charge in [-0.1, -0.05) is 41.9 Å². The molecule has 2 fully saturated rings. The molecule has 250 valence electrons. The average molecular weight is 671 g/mol. The van der Waals surface area contributed by atoms with Crippen LogP contribution in [0, 0.1) is 5.82 Å². The number of hydrogen-bond donors (Lipinski definition) is 0. The van der Waals surface area contributed by atoms with E-state index < -0.39 is 0 Å². The van der Waals surface area contributed by atoms with Crippen molar-refractivity contribution in [1.82, 2.24) is 19.8 Å². The summed E-state index contributed by atoms with van der Waals surface area (Å²) in [5.74, 6) is 0.798. The van der Waals surface area contributed by atoms with Gasteiger partial charge in [-0.3, -0.25) is 9.80 Å². The summed E-state index contributed by atoms with van der Waals surface area (Å²) in [7, 11) is 6.82. The van der Waals surface area contributed by atoms with Crippen LogP contribution in [0.5, 0.6) is 11.8 Å². The molecule has 8 rings (SSSR count). The lowest BCUT2D eigenvalue weighted by Gasteiger charge is -2.42. The number of aryl methyl sites for hydroxylation is 2. The Labute approximate surface area is 285 Å². The molecular formula is C38H40ClFN4O4. The molecule has 8 nitrogen and oxygen atoms in total. The summed E-state index contributed by atoms with van der Waals surface area (Å²) in [6.45, 7) is 3.60. The topological polar surface area (TPSA) is 69.2 Å². The molecule has 0 bridgehead atoms. The molecule has 10 heteroatoms. The van der Waals surface area contributed by atoms with Crippen LogP contribution in [0.1, 0.15) is 47.2 Å². The fraction of sp³-hybridized carbons (Fsp3) is 0.421. The quantitative estimate of drug-likeness (QED) is 0.190. The molecule has 48 heavy (non-hydrogen) atoms. The minimum atomic E-state index is -0.377. The van der Waals surface area contributed by atoms with Crippen LogP contribution in [0.3, 0.4) is 0 Å². The number of nitrogens with zero attached hydrogens (tertiary/aromatic N) is 4. The van der Waals surface area contributed by atoms with Gasteiger partial charge in [-0.2, -0.15) is 0 Å². The Bertz CT molecular complexity index is 1740. The van der Waals surface area contributed by atoms with Crippen molar-refractivity contribution < 1.29 is 23.3 Å². The van der Waals surface area contributed by atoms with E-state index in [1.807, 2.05) is 30.3 Å². The van der Waals surface area contributed by atoms with Crippen molar-refractivity contribution in [3.05, 3.63) is 81.6 Å². The van der Waals surface area contributed by atoms with Crippen LogP contribution in [0.15, 0.2) is 48.5 Å². The molecule has 2 aliphatic heterocycles. The first-order valence-corrected chi connectivity index (χ1v) is 17.1. The molecule has 2 atom stereocenters. The zero-order chi connectivity index (χ0) is 33.1. The standard InChI is InChI=1S/C38H40ClFN4O4/c1-45-23-17-43(18-23)31-13-11-21-15-29(41-37(47-3)33(21)31)27-9-5-7-25(35(27)39)26-8-6-10-28(36(26)40)30-16-22-12-14-32(34(22)38(42-30)48-4)44-19-24(20-44)46-2/h5-10,15-16,23-24,31-32H,11-14,17-20H2,1-4H3/t31-,32-/m0/s1. The molecule has 4 aromatic rings. The third-order valence-electron chi connectivity index (χ3n) is 10.8. The molecule has 2 saturated heterocycles. The maximum Gasteiger partial charge on any atom is 0.218 e. The van der Waals surface area contributed by atoms with E-state index in [-0.39, 0.29) is 30.1 Å². The van der Waals surface area contributed by atoms with Crippen molar-refractivity contribution in [1.29, 1.82) is 0 Å². The summed E-state index contributed by atoms with van der Waals surface area (Å²) in [6, 6.07) is 15.7. The Morgan fingerprint density at radius 3 is 1.62 bits per heavy atom. The Balaban J connectivity index is 1.12. The molecule has 2 aliphatic carbocycles. The number of ether oxygens (including phenoxy) is 4. The summed E-state index contributed by atoms with van der Waals surface area (Å²) in [5, 5.41) is 0.439. The summed E-state index contributed by atoms with van der Waals surface area (Å²) in [4.78, 5) is 14.6. The van der Waals surface area contributed by atoms with Crippen molar-refractivity contribution in [2.75, 3.05) is 54.6 Å². The highest BCUT2D eigenvalue weighted by molar-refractivity contribution is 6.36. The number of fused-ring (bicyclic) bond motifs is 2. The van der Waals surface area contributed by atoms with Crippen LogP contribution in [-0.2, 0) is 22.3 Å². The van der Waals surface area contributed by atoms with Gasteiger partial charge in [0, 0.05) is 85.9 Å². The SMILES string of the molecule is COc1nc(-c2cccc(-c3cccc(-c4cc5c(c(OC)n4)[C@@H](N4CC(OC)C4)CC5)c3Cl)c2F)cc2c1[C@@H](N1CC(OC)C1)CC2. The number of methoxy groups -OCH3 is 4. The molecule has 4 heterocycles. The largest absolute Gasteiger partial charge is 0.481 e. The van der Waals surface area contributed by atoms with E-state index >= 15 is 4.39 Å². The molecule has 2 aromatic carbocycles. The summed E-state index contributed by atoms with van der Waals surface area (Å²) < 4.78 is 39.3. The second-order valence-corrected chi connectivity index (χ2v) is 13.6. The first kappa shape index (κ1) is 31.7. The lowest BCUT2D eigenvalue weighted by atomic mass is 9.96. The molecule has 0 saturated carbocycles. The third kappa shape index (κ3) is 5.18. The molecule has 0 radical (unpaired) electrons. The highest BCUT2D eigenvalue weighted by Crippen LogP contribution is 2.47. The Morgan fingerprint density at radius 2 is 1.12 bits per heavy atom. The van der Waals surface area contributed by atoms with E-state index in [9.17, 15) is 0 Å². The second kappa shape index (κ2) is 12.7. The monoisotopic (exact) mass is 670 g/mol. The number of halogens is 2. The van der Waals surface area contributed by atoms with Crippen LogP contribution in [0.4, 0.5) is 4.39 Å². The molecule has 0 amide bonds. The number of pyridine rings is 2. The molecule has 2 aromatic heterocycles. The predicted molar refractivity (Wildman–Crippen MR) is 183 cm³/mol. The van der Waals surface area contributed by atoms with Crippen molar-refractivity contribution in [2.45, 2.75) is 50.0 Å². The maximum atomic E-state index is 16.6. The van der Waals surface area contributed by atoms with Gasteiger partial charge in [-0.15, -0.1) is 0 Å². The zero-order valence-electron chi connectivity index (χ0n) is 27.8. The number of likely N-dealkylation sites (tertiary alicyclic amines) is 2. The van der Waals surface area contributed by atoms with Gasteiger partial charge >= 0.3 is 0 Å². The first-order valence-electron chi connectivity index (χ1n) is 16.7. The molecular weight excluding hydrogens is 631 g/mol. The lowest BCUT2D eigenvalue weighted by molar-refractivity contribution is -0.0515. The van der Waals surface area contributed by atoms with E-state index in [2.05, 4.69) is 15.9 Å². The second-order valence-electron chi connectivity index (χ2n) is 13.2. The van der Waals surface area contributed by atoms with E-state index in [1.165, 1.54) is 5.56 Å². The molecule has 0 unspecified atom stereocenters. The smallest absolute Gasteiger partial charge is 0.218 e. The van der Waals surface area contributed by atoms with Gasteiger partial charge < -0.3 is 18.9 Å². The van der Waals surface area contributed by atoms with Gasteiger partial charge in [0.05, 0.1) is 42.8 Å². The van der Waals surface area contributed by atoms with Crippen molar-refractivity contribution >= 4 is 11.6 Å². The van der Waals surface area contributed by atoms with Crippen LogP contribution in [-0.4, -0.2) is 86.6 Å². The van der Waals surface area contributed by atoms with Crippen molar-refractivity contribution in [2.24, 2.45) is 0 Å². The maximum absolute atomic E-state index is 16.6. The van der Waals surface area contributed by atoms with E-state index in [0.29, 0.717) is 44.9 Å². The van der Waals surface area contributed by atoms with Gasteiger partial charge in [0.2, 0.25) is 11.8 Å². The Morgan fingerprint density at radius 1 is 0.667 bits per heavy atom. The van der Waals surface area contributed by atoms with Crippen LogP contribution in [0.25, 0.3) is 33.6 Å². The number of hydrogen-bond acceptors (Lipinski definition) is 8. The summed E-state index contributed by atoms with van der Waals surface area (Å²) >= 11 is 7.13. The van der Waals surface area contributed by atoms with Crippen molar-refractivity contribution in [3.8, 4) is 45.4 Å². The van der Waals surface area contributed by atoms with E-state index in [4.69, 9.17) is 40.5 Å². The highest BCUT2D eigenvalue weighted by Gasteiger charge is 2.40. The molecule has 0 spiro atoms. The zero-order valence-corrected chi connectivity index (χ0v) is 28.5. The highest BCUT2D eigenvalue weighted by atomic mass is 35.5. The fourth-order valence-corrected chi connectivity index (χ4v) is 8.43. The number of rotatable bonds is 9. The van der Waals surface area contributed by atoms with Gasteiger partial charge in [0.1, 0.15) is 5.82 Å².